The Morgan fingerprint density at radius 3 is 1.95 bits per heavy atom. The Balaban J connectivity index is 0.00000560. The SMILES string of the molecule is CC(C)N(CC([O-])=Nc1ccccc1C(=N[C@@H](C(=O)[O-])[C@@H](CCO)c1ccccc1)c1ccccc1)C(C)C.[Ni+2]. The molecule has 40 heavy (non-hydrogen) atoms. The summed E-state index contributed by atoms with van der Waals surface area (Å²) >= 11 is 0. The number of benzene rings is 3. The molecule has 0 heterocycles. The first-order valence-electron chi connectivity index (χ1n) is 13.3. The number of carbonyl (C=O) groups excluding carboxylic acids is 1. The van der Waals surface area contributed by atoms with Crippen LogP contribution >= 0.6 is 0 Å². The third kappa shape index (κ3) is 8.85. The van der Waals surface area contributed by atoms with Crippen LogP contribution in [0.15, 0.2) is 94.9 Å². The number of hydrogen-bond acceptors (Lipinski definition) is 7. The Bertz CT molecular complexity index is 1260. The summed E-state index contributed by atoms with van der Waals surface area (Å²) in [6.07, 6.45) is 0.193. The van der Waals surface area contributed by atoms with Crippen LogP contribution in [-0.2, 0) is 21.3 Å². The van der Waals surface area contributed by atoms with Crippen molar-refractivity contribution in [2.75, 3.05) is 13.2 Å². The number of rotatable bonds is 13. The summed E-state index contributed by atoms with van der Waals surface area (Å²) in [5, 5.41) is 35.4. The molecule has 7 nitrogen and oxygen atoms in total. The smallest absolute Gasteiger partial charge is 0.861 e. The van der Waals surface area contributed by atoms with E-state index in [2.05, 4.69) is 9.89 Å². The van der Waals surface area contributed by atoms with Gasteiger partial charge in [0.05, 0.1) is 23.4 Å². The van der Waals surface area contributed by atoms with Gasteiger partial charge in [0, 0.05) is 42.3 Å². The van der Waals surface area contributed by atoms with E-state index < -0.39 is 17.9 Å². The molecule has 0 aliphatic rings. The molecule has 3 aromatic carbocycles. The van der Waals surface area contributed by atoms with Gasteiger partial charge in [0.15, 0.2) is 0 Å². The predicted octanol–water partition coefficient (Wildman–Crippen LogP) is 3.32. The van der Waals surface area contributed by atoms with E-state index in [0.29, 0.717) is 22.5 Å². The largest absolute Gasteiger partial charge is 2.00 e. The first-order chi connectivity index (χ1) is 18.7. The molecule has 0 bridgehead atoms. The third-order valence-electron chi connectivity index (χ3n) is 6.65. The summed E-state index contributed by atoms with van der Waals surface area (Å²) in [4.78, 5) is 23.8. The van der Waals surface area contributed by atoms with Gasteiger partial charge in [-0.2, -0.15) is 0 Å². The summed E-state index contributed by atoms with van der Waals surface area (Å²) in [7, 11) is 0. The third-order valence-corrected chi connectivity index (χ3v) is 6.65. The number of hydrogen-bond donors (Lipinski definition) is 1. The predicted molar refractivity (Wildman–Crippen MR) is 152 cm³/mol. The van der Waals surface area contributed by atoms with E-state index in [-0.39, 0.29) is 54.0 Å². The minimum Gasteiger partial charge on any atom is -0.861 e. The van der Waals surface area contributed by atoms with Gasteiger partial charge < -0.3 is 20.1 Å². The van der Waals surface area contributed by atoms with Crippen LogP contribution in [0.5, 0.6) is 0 Å². The summed E-state index contributed by atoms with van der Waals surface area (Å²) in [5.74, 6) is -2.26. The van der Waals surface area contributed by atoms with Crippen LogP contribution < -0.4 is 10.2 Å². The van der Waals surface area contributed by atoms with Gasteiger partial charge in [-0.25, -0.2) is 0 Å². The van der Waals surface area contributed by atoms with E-state index in [1.165, 1.54) is 0 Å². The molecule has 0 aliphatic heterocycles. The number of aliphatic imine (C=N–C) groups is 2. The van der Waals surface area contributed by atoms with E-state index in [1.54, 1.807) is 18.2 Å². The van der Waals surface area contributed by atoms with Gasteiger partial charge >= 0.3 is 16.5 Å². The number of carboxylic acids is 1. The molecule has 0 radical (unpaired) electrons. The molecule has 2 atom stereocenters. The Labute approximate surface area is 247 Å². The van der Waals surface area contributed by atoms with E-state index in [9.17, 15) is 20.1 Å². The molecule has 214 valence electrons. The average Bonchev–Trinajstić information content (AvgIpc) is 2.92. The molecule has 0 saturated carbocycles. The number of carboxylic acid groups (broad SMARTS) is 1. The van der Waals surface area contributed by atoms with Crippen LogP contribution in [0, 0.1) is 0 Å². The molecule has 1 N–H and O–H groups in total. The van der Waals surface area contributed by atoms with Crippen molar-refractivity contribution in [1.82, 2.24) is 4.90 Å². The Morgan fingerprint density at radius 2 is 1.40 bits per heavy atom. The van der Waals surface area contributed by atoms with Crippen molar-refractivity contribution in [1.29, 1.82) is 0 Å². The normalized spacial score (nSPS) is 13.8. The molecule has 8 heteroatoms. The van der Waals surface area contributed by atoms with Crippen molar-refractivity contribution in [2.24, 2.45) is 9.98 Å². The van der Waals surface area contributed by atoms with Crippen LogP contribution in [-0.4, -0.2) is 58.9 Å². The molecule has 3 rings (SSSR count). The molecule has 0 spiro atoms. The zero-order chi connectivity index (χ0) is 28.4. The van der Waals surface area contributed by atoms with Crippen LogP contribution in [0.4, 0.5) is 5.69 Å². The first-order valence-corrected chi connectivity index (χ1v) is 13.3. The maximum Gasteiger partial charge on any atom is 2.00 e. The zero-order valence-corrected chi connectivity index (χ0v) is 24.3. The number of aliphatic hydroxyl groups excluding tert-OH is 1. The van der Waals surface area contributed by atoms with E-state index in [1.807, 2.05) is 94.4 Å². The van der Waals surface area contributed by atoms with Crippen LogP contribution in [0.25, 0.3) is 0 Å². The molecular formula is C32H37N3NiO4. The van der Waals surface area contributed by atoms with Gasteiger partial charge in [-0.05, 0) is 51.6 Å². The fourth-order valence-corrected chi connectivity index (χ4v) is 4.75. The minimum atomic E-state index is -1.35. The van der Waals surface area contributed by atoms with Crippen molar-refractivity contribution >= 4 is 23.3 Å². The van der Waals surface area contributed by atoms with E-state index >= 15 is 0 Å². The minimum absolute atomic E-state index is 0. The Hall–Kier alpha value is -3.32. The first kappa shape index (κ1) is 32.9. The van der Waals surface area contributed by atoms with Crippen LogP contribution in [0.3, 0.4) is 0 Å². The van der Waals surface area contributed by atoms with Gasteiger partial charge in [0.2, 0.25) is 0 Å². The standard InChI is InChI=1S/C32H39N3O4.Ni/c1-22(2)35(23(3)4)21-29(37)33-28-18-12-11-17-27(28)30(25-15-9-6-10-16-25)34-31(32(38)39)26(19-20-36)24-13-7-5-8-14-24;/h5-18,22-23,26,31,36H,19-21H2,1-4H3,(H,33,37)(H,38,39);/q;+2/p-2/t26-,31+;/m0./s1. The molecule has 0 amide bonds. The van der Waals surface area contributed by atoms with E-state index in [4.69, 9.17) is 4.99 Å². The van der Waals surface area contributed by atoms with E-state index in [0.717, 1.165) is 5.56 Å². The van der Waals surface area contributed by atoms with Gasteiger partial charge in [-0.3, -0.25) is 14.9 Å². The molecule has 3 aromatic rings. The average molecular weight is 586 g/mol. The van der Waals surface area contributed by atoms with Crippen molar-refractivity contribution in [3.8, 4) is 0 Å². The number of aliphatic hydroxyl groups is 1. The van der Waals surface area contributed by atoms with Crippen molar-refractivity contribution < 1.29 is 36.6 Å². The second-order valence-corrected chi connectivity index (χ2v) is 10.0. The maximum absolute atomic E-state index is 13.1. The van der Waals surface area contributed by atoms with Gasteiger partial charge in [-0.15, -0.1) is 0 Å². The molecule has 0 saturated heterocycles. The van der Waals surface area contributed by atoms with Crippen molar-refractivity contribution in [3.05, 3.63) is 102 Å². The monoisotopic (exact) mass is 585 g/mol. The summed E-state index contributed by atoms with van der Waals surface area (Å²) in [5.41, 5.74) is 2.77. The maximum atomic E-state index is 13.1. The second kappa shape index (κ2) is 16.1. The quantitative estimate of drug-likeness (QED) is 0.188. The molecule has 0 unspecified atom stereocenters. The summed E-state index contributed by atoms with van der Waals surface area (Å²) in [6.45, 7) is 8.11. The Kier molecular flexibility index (Phi) is 13.2. The fourth-order valence-electron chi connectivity index (χ4n) is 4.75. The number of aliphatic carboxylic acids is 1. The van der Waals surface area contributed by atoms with Gasteiger partial charge in [0.1, 0.15) is 0 Å². The van der Waals surface area contributed by atoms with Gasteiger partial charge in [0.25, 0.3) is 0 Å². The number of nitrogens with zero attached hydrogens (tertiary/aromatic N) is 3. The number of carbonyl (C=O) groups is 1. The zero-order valence-electron chi connectivity index (χ0n) is 23.3. The second-order valence-electron chi connectivity index (χ2n) is 10.0. The van der Waals surface area contributed by atoms with Crippen LogP contribution in [0.2, 0.25) is 0 Å². The molecule has 0 aliphatic carbocycles. The molecule has 0 aromatic heterocycles. The van der Waals surface area contributed by atoms with Crippen molar-refractivity contribution in [3.63, 3.8) is 0 Å². The summed E-state index contributed by atoms with van der Waals surface area (Å²) in [6, 6.07) is 24.6. The topological polar surface area (TPSA) is 111 Å². The Morgan fingerprint density at radius 1 is 0.850 bits per heavy atom. The summed E-state index contributed by atoms with van der Waals surface area (Å²) < 4.78 is 0. The van der Waals surface area contributed by atoms with Crippen molar-refractivity contribution in [2.45, 2.75) is 58.2 Å². The van der Waals surface area contributed by atoms with Gasteiger partial charge in [-0.1, -0.05) is 78.9 Å². The molecular weight excluding hydrogens is 549 g/mol. The van der Waals surface area contributed by atoms with Crippen LogP contribution in [0.1, 0.15) is 56.7 Å². The number of para-hydroxylation sites is 1. The fraction of sp³-hybridized carbons (Fsp3) is 0.344. The molecule has 0 fully saturated rings.